The highest BCUT2D eigenvalue weighted by molar-refractivity contribution is 6.38. The number of para-hydroxylation sites is 2. The highest BCUT2D eigenvalue weighted by Gasteiger charge is 2.39. The normalized spacial score (nSPS) is 16.0. The van der Waals surface area contributed by atoms with E-state index in [1.54, 1.807) is 24.3 Å². The summed E-state index contributed by atoms with van der Waals surface area (Å²) in [6.07, 6.45) is 2.00. The van der Waals surface area contributed by atoms with E-state index in [0.717, 1.165) is 48.0 Å². The maximum absolute atomic E-state index is 13.3. The lowest BCUT2D eigenvalue weighted by Crippen LogP contribution is -2.30. The Balaban J connectivity index is 0.976. The number of ketones is 2. The molecule has 0 radical (unpaired) electrons. The molecule has 1 aliphatic carbocycles. The number of aromatic nitrogens is 1. The topological polar surface area (TPSA) is 111 Å². The van der Waals surface area contributed by atoms with Crippen molar-refractivity contribution in [3.05, 3.63) is 107 Å². The Morgan fingerprint density at radius 1 is 0.721 bits per heavy atom. The van der Waals surface area contributed by atoms with Crippen LogP contribution in [0.4, 0.5) is 0 Å². The zero-order chi connectivity index (χ0) is 29.5. The minimum absolute atomic E-state index is 0.145. The van der Waals surface area contributed by atoms with Crippen molar-refractivity contribution in [2.75, 3.05) is 39.3 Å². The third-order valence-electron chi connectivity index (χ3n) is 7.92. The molecule has 1 aromatic heterocycles. The predicted molar refractivity (Wildman–Crippen MR) is 163 cm³/mol. The van der Waals surface area contributed by atoms with Gasteiger partial charge in [-0.25, -0.2) is 4.98 Å². The van der Waals surface area contributed by atoms with Crippen LogP contribution in [0.25, 0.3) is 27.4 Å². The second-order valence-electron chi connectivity index (χ2n) is 10.9. The molecule has 214 valence electrons. The summed E-state index contributed by atoms with van der Waals surface area (Å²) in [6.45, 7) is 3.82. The van der Waals surface area contributed by atoms with Crippen molar-refractivity contribution in [2.45, 2.75) is 6.42 Å². The Kier molecular flexibility index (Phi) is 6.69. The lowest BCUT2D eigenvalue weighted by Gasteiger charge is -2.21. The van der Waals surface area contributed by atoms with Crippen molar-refractivity contribution in [2.24, 2.45) is 0 Å². The van der Waals surface area contributed by atoms with Crippen molar-refractivity contribution >= 4 is 50.8 Å². The molecular formula is C34H29N5O4. The summed E-state index contributed by atoms with van der Waals surface area (Å²) in [5.41, 5.74) is 4.50. The van der Waals surface area contributed by atoms with Crippen LogP contribution in [0, 0.1) is 0 Å². The average molecular weight is 572 g/mol. The second kappa shape index (κ2) is 10.8. The van der Waals surface area contributed by atoms with Gasteiger partial charge in [-0.3, -0.25) is 19.2 Å². The average Bonchev–Trinajstić information content (AvgIpc) is 3.95. The van der Waals surface area contributed by atoms with Crippen LogP contribution in [0.15, 0.2) is 90.3 Å². The summed E-state index contributed by atoms with van der Waals surface area (Å²) in [5, 5.41) is 7.48. The lowest BCUT2D eigenvalue weighted by atomic mass is 9.90. The highest BCUT2D eigenvalue weighted by atomic mass is 16.2. The second-order valence-corrected chi connectivity index (χ2v) is 10.9. The first kappa shape index (κ1) is 26.6. The van der Waals surface area contributed by atoms with Crippen LogP contribution in [0.1, 0.15) is 32.7 Å². The van der Waals surface area contributed by atoms with Crippen LogP contribution < -0.4 is 10.6 Å². The van der Waals surface area contributed by atoms with E-state index < -0.39 is 0 Å². The molecule has 0 saturated carbocycles. The molecule has 2 amide bonds. The Morgan fingerprint density at radius 3 is 1.91 bits per heavy atom. The number of carbonyl (C=O) groups is 4. The quantitative estimate of drug-likeness (QED) is 0.137. The van der Waals surface area contributed by atoms with Crippen molar-refractivity contribution < 1.29 is 19.2 Å². The number of carbonyl (C=O) groups excluding carboxylic acids is 4. The Labute approximate surface area is 247 Å². The molecule has 9 nitrogen and oxygen atoms in total. The smallest absolute Gasteiger partial charge is 0.252 e. The number of allylic oxidation sites excluding steroid dienone is 2. The van der Waals surface area contributed by atoms with E-state index in [1.165, 1.54) is 6.08 Å². The van der Waals surface area contributed by atoms with Crippen LogP contribution in [-0.4, -0.2) is 77.4 Å². The summed E-state index contributed by atoms with van der Waals surface area (Å²) in [4.78, 5) is 60.8. The number of fused-ring (bicyclic) bond motifs is 2. The monoisotopic (exact) mass is 571 g/mol. The van der Waals surface area contributed by atoms with Crippen LogP contribution in [0.2, 0.25) is 0 Å². The van der Waals surface area contributed by atoms with E-state index >= 15 is 0 Å². The summed E-state index contributed by atoms with van der Waals surface area (Å²) in [6, 6.07) is 22.0. The molecule has 0 unspecified atom stereocenters. The summed E-state index contributed by atoms with van der Waals surface area (Å²) in [5.74, 6) is -0.723. The Bertz CT molecular complexity index is 1830. The number of amides is 2. The number of nitrogens with zero attached hydrogens (tertiary/aromatic N) is 3. The van der Waals surface area contributed by atoms with Gasteiger partial charge in [-0.1, -0.05) is 48.5 Å². The Morgan fingerprint density at radius 2 is 1.30 bits per heavy atom. The summed E-state index contributed by atoms with van der Waals surface area (Å²) >= 11 is 0. The van der Waals surface area contributed by atoms with Crippen LogP contribution in [-0.2, 0) is 9.59 Å². The first-order valence-electron chi connectivity index (χ1n) is 14.5. The number of hydrogen-bond donors (Lipinski definition) is 2. The van der Waals surface area contributed by atoms with E-state index in [-0.39, 0.29) is 23.4 Å². The van der Waals surface area contributed by atoms with E-state index in [2.05, 4.69) is 15.6 Å². The summed E-state index contributed by atoms with van der Waals surface area (Å²) < 4.78 is 0. The van der Waals surface area contributed by atoms with Gasteiger partial charge in [0, 0.05) is 61.7 Å². The van der Waals surface area contributed by atoms with Gasteiger partial charge in [0.2, 0.25) is 11.6 Å². The van der Waals surface area contributed by atoms with Crippen molar-refractivity contribution in [1.82, 2.24) is 25.4 Å². The molecule has 0 bridgehead atoms. The number of pyridine rings is 1. The molecule has 2 fully saturated rings. The number of nitrogens with one attached hydrogen (secondary N) is 2. The van der Waals surface area contributed by atoms with E-state index in [9.17, 15) is 19.2 Å². The third kappa shape index (κ3) is 5.14. The van der Waals surface area contributed by atoms with Crippen molar-refractivity contribution in [3.63, 3.8) is 0 Å². The van der Waals surface area contributed by atoms with E-state index in [4.69, 9.17) is 0 Å². The van der Waals surface area contributed by atoms with Gasteiger partial charge >= 0.3 is 0 Å². The standard InChI is InChI=1S/C34H29N5O4/c40-28-20-27(38-16-17-38)32(41)29(31(28)39-18-19-39)21-10-12-22(13-11-21)33(42)35-14-5-15-36-34(43)30-23-6-1-3-8-25(23)37-26-9-4-2-7-24(26)30/h1-4,6-13,20H,5,14-19H2,(H,35,42)(H,36,43). The molecule has 0 spiro atoms. The first-order chi connectivity index (χ1) is 21.0. The molecule has 43 heavy (non-hydrogen) atoms. The molecule has 0 atom stereocenters. The number of benzene rings is 3. The maximum Gasteiger partial charge on any atom is 0.252 e. The molecule has 2 saturated heterocycles. The van der Waals surface area contributed by atoms with Gasteiger partial charge in [0.1, 0.15) is 0 Å². The molecule has 3 heterocycles. The van der Waals surface area contributed by atoms with Crippen molar-refractivity contribution in [1.29, 1.82) is 0 Å². The number of rotatable bonds is 9. The fourth-order valence-electron chi connectivity index (χ4n) is 5.55. The predicted octanol–water partition coefficient (Wildman–Crippen LogP) is 3.32. The van der Waals surface area contributed by atoms with Crippen LogP contribution in [0.3, 0.4) is 0 Å². The van der Waals surface area contributed by atoms with E-state index in [0.29, 0.717) is 53.2 Å². The third-order valence-corrected chi connectivity index (χ3v) is 7.92. The van der Waals surface area contributed by atoms with Gasteiger partial charge in [0.25, 0.3) is 11.8 Å². The Hall–Kier alpha value is -5.31. The molecular weight excluding hydrogens is 542 g/mol. The van der Waals surface area contributed by atoms with Gasteiger partial charge < -0.3 is 20.4 Å². The molecule has 2 aliphatic heterocycles. The SMILES string of the molecule is O=C1C=C(N2CC2)C(=O)C(c2ccc(C(=O)NCCCNC(=O)c3c4ccccc4nc4ccccc34)cc2)=C1N1CC1. The van der Waals surface area contributed by atoms with Gasteiger partial charge in [0.05, 0.1) is 33.6 Å². The zero-order valence-electron chi connectivity index (χ0n) is 23.4. The molecule has 7 rings (SSSR count). The molecule has 3 aromatic carbocycles. The lowest BCUT2D eigenvalue weighted by molar-refractivity contribution is -0.115. The van der Waals surface area contributed by atoms with E-state index in [1.807, 2.05) is 58.3 Å². The molecule has 4 aromatic rings. The van der Waals surface area contributed by atoms with Gasteiger partial charge in [-0.05, 0) is 36.2 Å². The minimum atomic E-state index is -0.250. The molecule has 3 aliphatic rings. The molecule has 9 heteroatoms. The van der Waals surface area contributed by atoms with Gasteiger partial charge in [-0.2, -0.15) is 0 Å². The fourth-order valence-corrected chi connectivity index (χ4v) is 5.55. The van der Waals surface area contributed by atoms with Crippen molar-refractivity contribution in [3.8, 4) is 0 Å². The zero-order valence-corrected chi connectivity index (χ0v) is 23.4. The summed E-state index contributed by atoms with van der Waals surface area (Å²) in [7, 11) is 0. The largest absolute Gasteiger partial charge is 0.365 e. The number of Topliss-reactive ketones (excluding diaryl/α,β-unsaturated/α-hetero) is 1. The highest BCUT2D eigenvalue weighted by Crippen LogP contribution is 2.35. The van der Waals surface area contributed by atoms with Crippen LogP contribution >= 0.6 is 0 Å². The first-order valence-corrected chi connectivity index (χ1v) is 14.5. The molecule has 2 N–H and O–H groups in total. The van der Waals surface area contributed by atoms with Gasteiger partial charge in [-0.15, -0.1) is 0 Å². The minimum Gasteiger partial charge on any atom is -0.365 e. The maximum atomic E-state index is 13.3. The number of hydrogen-bond acceptors (Lipinski definition) is 7. The fraction of sp³-hybridized carbons (Fsp3) is 0.206. The van der Waals surface area contributed by atoms with Gasteiger partial charge in [0.15, 0.2) is 0 Å². The van der Waals surface area contributed by atoms with Crippen LogP contribution in [0.5, 0.6) is 0 Å².